The van der Waals surface area contributed by atoms with Crippen LogP contribution in [-0.2, 0) is 4.79 Å². The lowest BCUT2D eigenvalue weighted by Crippen LogP contribution is -2.37. The summed E-state index contributed by atoms with van der Waals surface area (Å²) in [5, 5.41) is 12.3. The van der Waals surface area contributed by atoms with Crippen molar-refractivity contribution in [2.24, 2.45) is 5.92 Å². The van der Waals surface area contributed by atoms with Gasteiger partial charge in [-0.1, -0.05) is 0 Å². The van der Waals surface area contributed by atoms with Gasteiger partial charge in [0, 0.05) is 18.8 Å². The molecule has 138 valence electrons. The number of nitrogens with one attached hydrogen (secondary N) is 1. The van der Waals surface area contributed by atoms with Gasteiger partial charge in [0.2, 0.25) is 0 Å². The molecule has 1 aliphatic heterocycles. The van der Waals surface area contributed by atoms with E-state index in [0.717, 1.165) is 11.4 Å². The van der Waals surface area contributed by atoms with Crippen LogP contribution in [-0.4, -0.2) is 40.7 Å². The summed E-state index contributed by atoms with van der Waals surface area (Å²) in [4.78, 5) is 21.6. The maximum Gasteiger partial charge on any atom is 0.306 e. The molecule has 1 aromatic carbocycles. The smallest absolute Gasteiger partial charge is 0.306 e. The van der Waals surface area contributed by atoms with E-state index >= 15 is 0 Å². The Morgan fingerprint density at radius 3 is 2.62 bits per heavy atom. The maximum atomic E-state index is 11.1. The highest BCUT2D eigenvalue weighted by Crippen LogP contribution is 2.31. The van der Waals surface area contributed by atoms with E-state index < -0.39 is 5.97 Å². The van der Waals surface area contributed by atoms with Crippen molar-refractivity contribution in [2.45, 2.75) is 19.8 Å². The zero-order valence-electron chi connectivity index (χ0n) is 14.7. The fourth-order valence-electron chi connectivity index (χ4n) is 3.01. The summed E-state index contributed by atoms with van der Waals surface area (Å²) in [5.74, 6) is 0.932. The second-order valence-electron chi connectivity index (χ2n) is 6.14. The first-order chi connectivity index (χ1) is 12.6. The van der Waals surface area contributed by atoms with Crippen LogP contribution in [0.1, 0.15) is 19.8 Å². The van der Waals surface area contributed by atoms with Crippen LogP contribution in [0.15, 0.2) is 30.6 Å². The van der Waals surface area contributed by atoms with Crippen LogP contribution in [0.5, 0.6) is 5.75 Å². The topological polar surface area (TPSA) is 114 Å². The highest BCUT2D eigenvalue weighted by molar-refractivity contribution is 5.78. The number of carboxylic acids is 1. The molecule has 2 heterocycles. The van der Waals surface area contributed by atoms with Crippen molar-refractivity contribution in [1.29, 1.82) is 0 Å². The number of rotatable bonds is 6. The molecule has 0 aliphatic carbocycles. The number of piperidine rings is 1. The predicted molar refractivity (Wildman–Crippen MR) is 99.9 cm³/mol. The molecule has 4 N–H and O–H groups in total. The largest absolute Gasteiger partial charge is 0.494 e. The molecule has 3 rings (SSSR count). The van der Waals surface area contributed by atoms with E-state index in [1.54, 1.807) is 0 Å². The number of benzene rings is 1. The van der Waals surface area contributed by atoms with E-state index in [1.165, 1.54) is 6.33 Å². The molecule has 1 aliphatic rings. The minimum absolute atomic E-state index is 0.296. The summed E-state index contributed by atoms with van der Waals surface area (Å²) in [6.07, 6.45) is 2.63. The third kappa shape index (κ3) is 3.96. The van der Waals surface area contributed by atoms with Gasteiger partial charge in [-0.25, -0.2) is 9.97 Å². The molecule has 0 saturated carbocycles. The summed E-state index contributed by atoms with van der Waals surface area (Å²) in [5.41, 5.74) is 7.56. The lowest BCUT2D eigenvalue weighted by Gasteiger charge is -2.31. The maximum absolute atomic E-state index is 11.1. The Hall–Kier alpha value is -3.03. The van der Waals surface area contributed by atoms with Gasteiger partial charge in [0.25, 0.3) is 0 Å². The van der Waals surface area contributed by atoms with Crippen LogP contribution in [0.3, 0.4) is 0 Å². The molecule has 26 heavy (non-hydrogen) atoms. The number of carboxylic acid groups (broad SMARTS) is 1. The number of hydrogen-bond donors (Lipinski definition) is 3. The number of ether oxygens (including phenoxy) is 1. The number of nitrogens with zero attached hydrogens (tertiary/aromatic N) is 3. The van der Waals surface area contributed by atoms with Gasteiger partial charge in [-0.05, 0) is 44.0 Å². The van der Waals surface area contributed by atoms with Gasteiger partial charge in [-0.2, -0.15) is 0 Å². The number of nitrogens with two attached hydrogens (primary N) is 1. The van der Waals surface area contributed by atoms with Crippen molar-refractivity contribution in [3.8, 4) is 5.75 Å². The van der Waals surface area contributed by atoms with E-state index in [-0.39, 0.29) is 5.92 Å². The Bertz CT molecular complexity index is 758. The first-order valence-electron chi connectivity index (χ1n) is 8.66. The third-order valence-corrected chi connectivity index (χ3v) is 4.43. The average molecular weight is 357 g/mol. The van der Waals surface area contributed by atoms with Crippen LogP contribution < -0.4 is 20.7 Å². The van der Waals surface area contributed by atoms with Gasteiger partial charge in [-0.3, -0.25) is 4.79 Å². The standard InChI is InChI=1S/C18H23N5O3/c1-2-26-14-5-3-13(4-6-14)22-16-15(19)17(21-11-20-16)23-9-7-12(8-10-23)18(24)25/h3-6,11-12H,2,7-10,19H2,1H3,(H,24,25)(H,20,21,22). The minimum atomic E-state index is -0.738. The average Bonchev–Trinajstić information content (AvgIpc) is 2.65. The van der Waals surface area contributed by atoms with E-state index in [0.29, 0.717) is 49.9 Å². The molecule has 0 spiro atoms. The van der Waals surface area contributed by atoms with Crippen LogP contribution in [0.25, 0.3) is 0 Å². The Morgan fingerprint density at radius 1 is 1.31 bits per heavy atom. The molecule has 1 saturated heterocycles. The van der Waals surface area contributed by atoms with E-state index in [9.17, 15) is 4.79 Å². The van der Waals surface area contributed by atoms with Crippen LogP contribution in [0.4, 0.5) is 23.0 Å². The zero-order chi connectivity index (χ0) is 18.5. The second-order valence-corrected chi connectivity index (χ2v) is 6.14. The first-order valence-corrected chi connectivity index (χ1v) is 8.66. The molecular weight excluding hydrogens is 334 g/mol. The Morgan fingerprint density at radius 2 is 2.00 bits per heavy atom. The number of carbonyl (C=O) groups is 1. The molecule has 1 aromatic heterocycles. The summed E-state index contributed by atoms with van der Waals surface area (Å²) in [6, 6.07) is 7.54. The zero-order valence-corrected chi connectivity index (χ0v) is 14.7. The molecule has 0 atom stereocenters. The monoisotopic (exact) mass is 357 g/mol. The van der Waals surface area contributed by atoms with Gasteiger partial charge in [0.05, 0.1) is 12.5 Å². The number of hydrogen-bond acceptors (Lipinski definition) is 7. The molecule has 2 aromatic rings. The van der Waals surface area contributed by atoms with Gasteiger partial charge >= 0.3 is 5.97 Å². The SMILES string of the molecule is CCOc1ccc(Nc2ncnc(N3CCC(C(=O)O)CC3)c2N)cc1. The molecule has 0 amide bonds. The fourth-order valence-corrected chi connectivity index (χ4v) is 3.01. The number of aromatic nitrogens is 2. The van der Waals surface area contributed by atoms with E-state index in [2.05, 4.69) is 15.3 Å². The summed E-state index contributed by atoms with van der Waals surface area (Å²) in [6.45, 7) is 3.78. The van der Waals surface area contributed by atoms with Crippen molar-refractivity contribution < 1.29 is 14.6 Å². The molecular formula is C18H23N5O3. The van der Waals surface area contributed by atoms with Gasteiger partial charge < -0.3 is 25.8 Å². The van der Waals surface area contributed by atoms with E-state index in [1.807, 2.05) is 36.1 Å². The van der Waals surface area contributed by atoms with Crippen LogP contribution in [0, 0.1) is 5.92 Å². The Kier molecular flexibility index (Phi) is 5.40. The van der Waals surface area contributed by atoms with Crippen molar-refractivity contribution in [3.05, 3.63) is 30.6 Å². The molecule has 0 bridgehead atoms. The summed E-state index contributed by atoms with van der Waals surface area (Å²) < 4.78 is 5.43. The Labute approximate surface area is 152 Å². The molecule has 0 radical (unpaired) electrons. The molecule has 1 fully saturated rings. The lowest BCUT2D eigenvalue weighted by atomic mass is 9.97. The lowest BCUT2D eigenvalue weighted by molar-refractivity contribution is -0.142. The normalized spacial score (nSPS) is 14.9. The number of aliphatic carboxylic acids is 1. The third-order valence-electron chi connectivity index (χ3n) is 4.43. The van der Waals surface area contributed by atoms with Crippen LogP contribution >= 0.6 is 0 Å². The van der Waals surface area contributed by atoms with E-state index in [4.69, 9.17) is 15.6 Å². The van der Waals surface area contributed by atoms with Crippen molar-refractivity contribution >= 4 is 29.0 Å². The van der Waals surface area contributed by atoms with Crippen LogP contribution in [0.2, 0.25) is 0 Å². The molecule has 8 heteroatoms. The van der Waals surface area contributed by atoms with Crippen molar-refractivity contribution in [3.63, 3.8) is 0 Å². The van der Waals surface area contributed by atoms with Gasteiger partial charge in [-0.15, -0.1) is 0 Å². The van der Waals surface area contributed by atoms with Gasteiger partial charge in [0.15, 0.2) is 11.6 Å². The molecule has 0 unspecified atom stereocenters. The summed E-state index contributed by atoms with van der Waals surface area (Å²) >= 11 is 0. The van der Waals surface area contributed by atoms with Crippen molar-refractivity contribution in [2.75, 3.05) is 35.6 Å². The molecule has 8 nitrogen and oxygen atoms in total. The highest BCUT2D eigenvalue weighted by atomic mass is 16.5. The summed E-state index contributed by atoms with van der Waals surface area (Å²) in [7, 11) is 0. The second kappa shape index (κ2) is 7.90. The number of anilines is 4. The minimum Gasteiger partial charge on any atom is -0.494 e. The first kappa shape index (κ1) is 17.8. The fraction of sp³-hybridized carbons (Fsp3) is 0.389. The quantitative estimate of drug-likeness (QED) is 0.722. The van der Waals surface area contributed by atoms with Gasteiger partial charge in [0.1, 0.15) is 17.8 Å². The predicted octanol–water partition coefficient (Wildman–Crippen LogP) is 2.50. The Balaban J connectivity index is 1.72. The number of nitrogen functional groups attached to an aromatic ring is 1. The highest BCUT2D eigenvalue weighted by Gasteiger charge is 2.26. The van der Waals surface area contributed by atoms with Crippen molar-refractivity contribution in [1.82, 2.24) is 9.97 Å².